The summed E-state index contributed by atoms with van der Waals surface area (Å²) in [6, 6.07) is 97.5. The molecule has 0 spiro atoms. The molecule has 3 nitrogen and oxygen atoms in total. The van der Waals surface area contributed by atoms with E-state index in [0.29, 0.717) is 6.54 Å². The second-order valence-corrected chi connectivity index (χ2v) is 20.4. The van der Waals surface area contributed by atoms with Crippen LogP contribution in [-0.2, 0) is 12.0 Å². The zero-order valence-corrected chi connectivity index (χ0v) is 41.9. The van der Waals surface area contributed by atoms with Gasteiger partial charge in [-0.25, -0.2) is 0 Å². The molecule has 75 heavy (non-hydrogen) atoms. The predicted octanol–water partition coefficient (Wildman–Crippen LogP) is 20.0. The first kappa shape index (κ1) is 44.3. The minimum absolute atomic E-state index is 0.157. The fourth-order valence-electron chi connectivity index (χ4n) is 12.0. The van der Waals surface area contributed by atoms with Crippen LogP contribution in [0.5, 0.6) is 0 Å². The normalized spacial score (nSPS) is 12.6. The maximum absolute atomic E-state index is 6.54. The van der Waals surface area contributed by atoms with Gasteiger partial charge in [-0.15, -0.1) is 0 Å². The molecule has 0 saturated carbocycles. The lowest BCUT2D eigenvalue weighted by atomic mass is 9.82. The van der Waals surface area contributed by atoms with Gasteiger partial charge in [0.15, 0.2) is 0 Å². The van der Waals surface area contributed by atoms with Crippen molar-refractivity contribution in [2.75, 3.05) is 9.80 Å². The summed E-state index contributed by atoms with van der Waals surface area (Å²) in [5.41, 5.74) is 20.8. The summed E-state index contributed by atoms with van der Waals surface area (Å²) in [5.74, 6) is 0. The molecule has 0 aliphatic heterocycles. The first-order chi connectivity index (χ1) is 36.9. The van der Waals surface area contributed by atoms with E-state index >= 15 is 0 Å². The molecule has 1 aliphatic rings. The van der Waals surface area contributed by atoms with E-state index in [9.17, 15) is 0 Å². The standard InChI is InChI=1S/C72H52N2O/c1-72(2)66-26-13-11-22-61(66)62-44-42-58(46-67(62)72)73(55-36-32-53(33-37-55)60-24-15-25-64-63-23-12-14-27-69(63)75-71(60)64)47-54-35-45-68(65-43-34-52-20-9-10-21-59(52)70(54)65)74(56-38-28-50(29-39-56)48-16-5-3-6-17-48)57-40-30-51(31-41-57)49-18-7-4-8-19-49/h3-46H,47H2,1-2H3. The Morgan fingerprint density at radius 1 is 0.360 bits per heavy atom. The first-order valence-electron chi connectivity index (χ1n) is 26.0. The molecule has 1 heterocycles. The van der Waals surface area contributed by atoms with Crippen LogP contribution in [0.3, 0.4) is 0 Å². The zero-order valence-electron chi connectivity index (χ0n) is 41.9. The lowest BCUT2D eigenvalue weighted by molar-refractivity contribution is 0.660. The van der Waals surface area contributed by atoms with Crippen LogP contribution < -0.4 is 9.80 Å². The number of rotatable bonds is 10. The van der Waals surface area contributed by atoms with E-state index < -0.39 is 0 Å². The molecule has 3 heteroatoms. The van der Waals surface area contributed by atoms with Crippen LogP contribution in [0.1, 0.15) is 30.5 Å². The summed E-state index contributed by atoms with van der Waals surface area (Å²) in [7, 11) is 0. The van der Waals surface area contributed by atoms with Gasteiger partial charge in [-0.3, -0.25) is 0 Å². The van der Waals surface area contributed by atoms with Crippen LogP contribution in [0, 0.1) is 0 Å². The molecular formula is C72H52N2O. The molecule has 0 saturated heterocycles. The van der Waals surface area contributed by atoms with Crippen molar-refractivity contribution in [2.24, 2.45) is 0 Å². The highest BCUT2D eigenvalue weighted by atomic mass is 16.3. The van der Waals surface area contributed by atoms with Crippen LogP contribution in [0.2, 0.25) is 0 Å². The second kappa shape index (κ2) is 17.9. The van der Waals surface area contributed by atoms with E-state index in [1.165, 1.54) is 71.6 Å². The SMILES string of the molecule is CC1(C)c2ccccc2-c2ccc(N(Cc3ccc(N(c4ccc(-c5ccccc5)cc4)c4ccc(-c5ccccc5)cc4)c4ccc5ccccc5c34)c3ccc(-c4cccc5c4oc4ccccc45)cc3)cc21. The summed E-state index contributed by atoms with van der Waals surface area (Å²) in [6.07, 6.45) is 0. The maximum atomic E-state index is 6.54. The third kappa shape index (κ3) is 7.58. The van der Waals surface area contributed by atoms with E-state index in [2.05, 4.69) is 285 Å². The van der Waals surface area contributed by atoms with Crippen molar-refractivity contribution < 1.29 is 4.42 Å². The number of furan rings is 1. The second-order valence-electron chi connectivity index (χ2n) is 20.4. The van der Waals surface area contributed by atoms with Gasteiger partial charge in [0.05, 0.1) is 5.69 Å². The predicted molar refractivity (Wildman–Crippen MR) is 316 cm³/mol. The number of nitrogens with zero attached hydrogens (tertiary/aromatic N) is 2. The summed E-state index contributed by atoms with van der Waals surface area (Å²) in [4.78, 5) is 4.95. The molecule has 0 radical (unpaired) electrons. The summed E-state index contributed by atoms with van der Waals surface area (Å²) in [5, 5.41) is 7.13. The Morgan fingerprint density at radius 2 is 0.907 bits per heavy atom. The van der Waals surface area contributed by atoms with Crippen LogP contribution in [0.25, 0.3) is 88.0 Å². The Morgan fingerprint density at radius 3 is 1.63 bits per heavy atom. The van der Waals surface area contributed by atoms with Crippen molar-refractivity contribution in [3.05, 3.63) is 284 Å². The Hall–Kier alpha value is -9.44. The molecule has 1 aromatic heterocycles. The average molecular weight is 961 g/mol. The quantitative estimate of drug-likeness (QED) is 0.127. The number of hydrogen-bond donors (Lipinski definition) is 0. The minimum Gasteiger partial charge on any atom is -0.455 e. The Balaban J connectivity index is 0.932. The fraction of sp³-hybridized carbons (Fsp3) is 0.0556. The van der Waals surface area contributed by atoms with Gasteiger partial charge in [-0.05, 0) is 132 Å². The molecular weight excluding hydrogens is 909 g/mol. The van der Waals surface area contributed by atoms with Gasteiger partial charge in [0.2, 0.25) is 0 Å². The van der Waals surface area contributed by atoms with Crippen molar-refractivity contribution in [1.29, 1.82) is 0 Å². The molecule has 1 aliphatic carbocycles. The van der Waals surface area contributed by atoms with Gasteiger partial charge in [0.1, 0.15) is 11.2 Å². The Kier molecular flexibility index (Phi) is 10.6. The van der Waals surface area contributed by atoms with Crippen LogP contribution in [0.15, 0.2) is 271 Å². The molecule has 12 aromatic carbocycles. The smallest absolute Gasteiger partial charge is 0.143 e. The number of hydrogen-bond acceptors (Lipinski definition) is 3. The van der Waals surface area contributed by atoms with Crippen LogP contribution in [-0.4, -0.2) is 0 Å². The lowest BCUT2D eigenvalue weighted by Crippen LogP contribution is -2.19. The molecule has 0 bridgehead atoms. The van der Waals surface area contributed by atoms with Gasteiger partial charge in [0.25, 0.3) is 0 Å². The average Bonchev–Trinajstić information content (AvgIpc) is 3.99. The van der Waals surface area contributed by atoms with E-state index in [0.717, 1.165) is 61.5 Å². The molecule has 0 fully saturated rings. The topological polar surface area (TPSA) is 19.6 Å². The molecule has 13 aromatic rings. The third-order valence-electron chi connectivity index (χ3n) is 15.8. The summed E-state index contributed by atoms with van der Waals surface area (Å²) >= 11 is 0. The van der Waals surface area contributed by atoms with E-state index in [4.69, 9.17) is 4.42 Å². The summed E-state index contributed by atoms with van der Waals surface area (Å²) in [6.45, 7) is 5.37. The van der Waals surface area contributed by atoms with Crippen molar-refractivity contribution in [2.45, 2.75) is 25.8 Å². The summed E-state index contributed by atoms with van der Waals surface area (Å²) < 4.78 is 6.54. The fourth-order valence-corrected chi connectivity index (χ4v) is 12.0. The number of fused-ring (bicyclic) bond motifs is 9. The molecule has 0 unspecified atom stereocenters. The van der Waals surface area contributed by atoms with Gasteiger partial charge in [-0.1, -0.05) is 220 Å². The minimum atomic E-state index is -0.157. The van der Waals surface area contributed by atoms with Gasteiger partial charge in [-0.2, -0.15) is 0 Å². The van der Waals surface area contributed by atoms with Crippen molar-refractivity contribution in [3.8, 4) is 44.5 Å². The molecule has 14 rings (SSSR count). The number of benzene rings is 12. The van der Waals surface area contributed by atoms with Gasteiger partial charge >= 0.3 is 0 Å². The highest BCUT2D eigenvalue weighted by molar-refractivity contribution is 6.15. The largest absolute Gasteiger partial charge is 0.455 e. The highest BCUT2D eigenvalue weighted by Crippen LogP contribution is 2.51. The molecule has 0 N–H and O–H groups in total. The van der Waals surface area contributed by atoms with Crippen molar-refractivity contribution in [1.82, 2.24) is 0 Å². The van der Waals surface area contributed by atoms with Crippen LogP contribution in [0.4, 0.5) is 28.4 Å². The lowest BCUT2D eigenvalue weighted by Gasteiger charge is -2.30. The van der Waals surface area contributed by atoms with Crippen LogP contribution >= 0.6 is 0 Å². The first-order valence-corrected chi connectivity index (χ1v) is 26.0. The third-order valence-corrected chi connectivity index (χ3v) is 15.8. The van der Waals surface area contributed by atoms with Gasteiger partial charge < -0.3 is 14.2 Å². The van der Waals surface area contributed by atoms with E-state index in [1.807, 2.05) is 6.07 Å². The molecule has 356 valence electrons. The van der Waals surface area contributed by atoms with Gasteiger partial charge in [0, 0.05) is 56.4 Å². The number of anilines is 5. The van der Waals surface area contributed by atoms with E-state index in [-0.39, 0.29) is 5.41 Å². The highest BCUT2D eigenvalue weighted by Gasteiger charge is 2.36. The Bertz CT molecular complexity index is 4190. The number of para-hydroxylation sites is 2. The molecule has 0 atom stereocenters. The van der Waals surface area contributed by atoms with Crippen molar-refractivity contribution >= 4 is 71.9 Å². The molecule has 0 amide bonds. The zero-order chi connectivity index (χ0) is 50.0. The van der Waals surface area contributed by atoms with Crippen molar-refractivity contribution in [3.63, 3.8) is 0 Å². The Labute approximate surface area is 437 Å². The monoisotopic (exact) mass is 960 g/mol. The maximum Gasteiger partial charge on any atom is 0.143 e. The van der Waals surface area contributed by atoms with E-state index in [1.54, 1.807) is 0 Å².